The third-order valence-electron chi connectivity index (χ3n) is 5.69. The van der Waals surface area contributed by atoms with Gasteiger partial charge in [0, 0.05) is 6.04 Å². The van der Waals surface area contributed by atoms with Crippen molar-refractivity contribution in [2.75, 3.05) is 80.0 Å². The number of nitrogens with zero attached hydrogens (tertiary/aromatic N) is 4. The highest BCUT2D eigenvalue weighted by Gasteiger charge is 2.13. The van der Waals surface area contributed by atoms with Gasteiger partial charge in [0.1, 0.15) is 0 Å². The third kappa shape index (κ3) is 11.2. The molecule has 1 saturated heterocycles. The normalized spacial score (nSPS) is 26.5. The Morgan fingerprint density at radius 3 is 1.92 bits per heavy atom. The molecule has 150 valence electrons. The highest BCUT2D eigenvalue weighted by Crippen LogP contribution is 2.07. The second kappa shape index (κ2) is 13.9. The summed E-state index contributed by atoms with van der Waals surface area (Å²) in [6.45, 7) is 12.9. The summed E-state index contributed by atoms with van der Waals surface area (Å²) >= 11 is 0. The molecule has 25 heavy (non-hydrogen) atoms. The van der Waals surface area contributed by atoms with Crippen LogP contribution in [0.1, 0.15) is 45.4 Å². The van der Waals surface area contributed by atoms with Crippen LogP contribution < -0.4 is 5.73 Å². The lowest BCUT2D eigenvalue weighted by atomic mass is 10.2. The van der Waals surface area contributed by atoms with Gasteiger partial charge in [-0.15, -0.1) is 0 Å². The molecule has 0 aromatic rings. The summed E-state index contributed by atoms with van der Waals surface area (Å²) in [7, 11) is 6.84. The summed E-state index contributed by atoms with van der Waals surface area (Å²) in [5.41, 5.74) is 5.74. The molecule has 1 rings (SSSR count). The van der Waals surface area contributed by atoms with E-state index in [1.807, 2.05) is 0 Å². The van der Waals surface area contributed by atoms with E-state index in [2.05, 4.69) is 47.7 Å². The number of hydrogen-bond donors (Lipinski definition) is 1. The van der Waals surface area contributed by atoms with Gasteiger partial charge in [-0.05, 0) is 125 Å². The summed E-state index contributed by atoms with van der Waals surface area (Å²) in [6.07, 6.45) is 7.54. The number of hydrogen-bond acceptors (Lipinski definition) is 5. The van der Waals surface area contributed by atoms with Crippen molar-refractivity contribution in [3.63, 3.8) is 0 Å². The van der Waals surface area contributed by atoms with Crippen LogP contribution in [0, 0.1) is 0 Å². The number of rotatable bonds is 3. The smallest absolute Gasteiger partial charge is 0.00760 e. The van der Waals surface area contributed by atoms with Crippen LogP contribution in [-0.4, -0.2) is 106 Å². The molecule has 5 nitrogen and oxygen atoms in total. The van der Waals surface area contributed by atoms with Crippen molar-refractivity contribution in [2.45, 2.75) is 51.5 Å². The van der Waals surface area contributed by atoms with Crippen LogP contribution in [0.4, 0.5) is 0 Å². The van der Waals surface area contributed by atoms with Crippen LogP contribution in [0.2, 0.25) is 0 Å². The Morgan fingerprint density at radius 2 is 1.32 bits per heavy atom. The van der Waals surface area contributed by atoms with E-state index in [1.54, 1.807) is 0 Å². The van der Waals surface area contributed by atoms with Gasteiger partial charge < -0.3 is 25.3 Å². The topological polar surface area (TPSA) is 39.0 Å². The van der Waals surface area contributed by atoms with Crippen molar-refractivity contribution >= 4 is 0 Å². The Bertz CT molecular complexity index is 312. The maximum absolute atomic E-state index is 5.74. The molecule has 0 spiro atoms. The molecule has 1 fully saturated rings. The van der Waals surface area contributed by atoms with Gasteiger partial charge in [-0.2, -0.15) is 0 Å². The zero-order valence-corrected chi connectivity index (χ0v) is 17.6. The average molecular weight is 356 g/mol. The SMILES string of the molecule is CC1CCN(CCCN)CCCN(C)CCCCN(C)CCCN1C. The van der Waals surface area contributed by atoms with Gasteiger partial charge >= 0.3 is 0 Å². The highest BCUT2D eigenvalue weighted by atomic mass is 15.2. The van der Waals surface area contributed by atoms with Crippen molar-refractivity contribution in [1.29, 1.82) is 0 Å². The minimum absolute atomic E-state index is 0.657. The molecule has 0 amide bonds. The van der Waals surface area contributed by atoms with Crippen LogP contribution in [0.5, 0.6) is 0 Å². The Labute approximate surface area is 157 Å². The number of nitrogens with two attached hydrogens (primary N) is 1. The molecule has 0 aromatic heterocycles. The summed E-state index contributed by atoms with van der Waals surface area (Å²) in [6, 6.07) is 0.657. The molecule has 0 aromatic carbocycles. The summed E-state index contributed by atoms with van der Waals surface area (Å²) < 4.78 is 0. The van der Waals surface area contributed by atoms with Crippen LogP contribution in [-0.2, 0) is 0 Å². The van der Waals surface area contributed by atoms with Gasteiger partial charge in [0.15, 0.2) is 0 Å². The van der Waals surface area contributed by atoms with Crippen molar-refractivity contribution in [3.8, 4) is 0 Å². The Morgan fingerprint density at radius 1 is 0.760 bits per heavy atom. The lowest BCUT2D eigenvalue weighted by molar-refractivity contribution is 0.189. The average Bonchev–Trinajstić information content (AvgIpc) is 2.59. The van der Waals surface area contributed by atoms with Crippen molar-refractivity contribution in [1.82, 2.24) is 19.6 Å². The van der Waals surface area contributed by atoms with Gasteiger partial charge in [-0.1, -0.05) is 0 Å². The molecule has 2 N–H and O–H groups in total. The fourth-order valence-electron chi connectivity index (χ4n) is 3.60. The Hall–Kier alpha value is -0.200. The first-order valence-corrected chi connectivity index (χ1v) is 10.5. The van der Waals surface area contributed by atoms with E-state index in [4.69, 9.17) is 5.73 Å². The lowest BCUT2D eigenvalue weighted by Gasteiger charge is -2.29. The molecule has 1 unspecified atom stereocenters. The van der Waals surface area contributed by atoms with E-state index in [1.165, 1.54) is 77.9 Å². The molecule has 0 saturated carbocycles. The fraction of sp³-hybridized carbons (Fsp3) is 1.00. The molecule has 0 bridgehead atoms. The predicted molar refractivity (Wildman–Crippen MR) is 110 cm³/mol. The zero-order valence-electron chi connectivity index (χ0n) is 17.6. The highest BCUT2D eigenvalue weighted by molar-refractivity contribution is 4.69. The van der Waals surface area contributed by atoms with Gasteiger partial charge in [0.05, 0.1) is 0 Å². The second-order valence-electron chi connectivity index (χ2n) is 8.12. The van der Waals surface area contributed by atoms with Crippen LogP contribution in [0.25, 0.3) is 0 Å². The van der Waals surface area contributed by atoms with Gasteiger partial charge in [0.25, 0.3) is 0 Å². The molecule has 1 aliphatic heterocycles. The molecular formula is C20H45N5. The zero-order chi connectivity index (χ0) is 18.5. The first-order valence-electron chi connectivity index (χ1n) is 10.5. The van der Waals surface area contributed by atoms with Gasteiger partial charge in [-0.3, -0.25) is 0 Å². The Balaban J connectivity index is 2.53. The van der Waals surface area contributed by atoms with Gasteiger partial charge in [-0.25, -0.2) is 0 Å². The molecule has 1 heterocycles. The van der Waals surface area contributed by atoms with E-state index >= 15 is 0 Å². The molecule has 1 atom stereocenters. The summed E-state index contributed by atoms with van der Waals surface area (Å²) in [5, 5.41) is 0. The maximum Gasteiger partial charge on any atom is 0.00760 e. The van der Waals surface area contributed by atoms with Crippen molar-refractivity contribution in [2.24, 2.45) is 5.73 Å². The van der Waals surface area contributed by atoms with E-state index in [-0.39, 0.29) is 0 Å². The molecule has 0 radical (unpaired) electrons. The van der Waals surface area contributed by atoms with Gasteiger partial charge in [0.2, 0.25) is 0 Å². The minimum atomic E-state index is 0.657. The van der Waals surface area contributed by atoms with Crippen LogP contribution >= 0.6 is 0 Å². The molecule has 0 aliphatic carbocycles. The molecule has 5 heteroatoms. The minimum Gasteiger partial charge on any atom is -0.330 e. The third-order valence-corrected chi connectivity index (χ3v) is 5.69. The van der Waals surface area contributed by atoms with E-state index in [9.17, 15) is 0 Å². The van der Waals surface area contributed by atoms with Crippen molar-refractivity contribution < 1.29 is 0 Å². The van der Waals surface area contributed by atoms with E-state index in [0.717, 1.165) is 19.5 Å². The predicted octanol–water partition coefficient (Wildman–Crippen LogP) is 1.79. The van der Waals surface area contributed by atoms with Crippen LogP contribution in [0.15, 0.2) is 0 Å². The first kappa shape index (κ1) is 22.8. The fourth-order valence-corrected chi connectivity index (χ4v) is 3.60. The summed E-state index contributed by atoms with van der Waals surface area (Å²) in [5.74, 6) is 0. The largest absolute Gasteiger partial charge is 0.330 e. The molecular weight excluding hydrogens is 310 g/mol. The summed E-state index contributed by atoms with van der Waals surface area (Å²) in [4.78, 5) is 10.2. The monoisotopic (exact) mass is 355 g/mol. The first-order chi connectivity index (χ1) is 12.0. The molecule has 1 aliphatic rings. The standard InChI is InChI=1S/C20H45N5/c1-20-10-19-25(17-7-11-21)18-9-15-23(3)13-6-5-12-22(2)14-8-16-24(20)4/h20H,5-19,21H2,1-4H3. The Kier molecular flexibility index (Phi) is 12.7. The van der Waals surface area contributed by atoms with Crippen LogP contribution in [0.3, 0.4) is 0 Å². The van der Waals surface area contributed by atoms with E-state index in [0.29, 0.717) is 6.04 Å². The van der Waals surface area contributed by atoms with Crippen molar-refractivity contribution in [3.05, 3.63) is 0 Å². The lowest BCUT2D eigenvalue weighted by Crippen LogP contribution is -2.37. The second-order valence-corrected chi connectivity index (χ2v) is 8.12. The maximum atomic E-state index is 5.74. The quantitative estimate of drug-likeness (QED) is 0.836. The van der Waals surface area contributed by atoms with E-state index < -0.39 is 0 Å².